The normalized spacial score (nSPS) is 12.6. The number of benzene rings is 1. The van der Waals surface area contributed by atoms with E-state index in [-0.39, 0.29) is 0 Å². The van der Waals surface area contributed by atoms with Crippen LogP contribution in [-0.2, 0) is 6.54 Å². The van der Waals surface area contributed by atoms with Crippen LogP contribution in [-0.4, -0.2) is 0 Å². The standard InChI is InChI=1S/C14H14Br2ClNS/c1-2-13(9-4-3-5-10(17)6-9)18-8-11-7-12(15)14(16)19-11/h3-7,13,18H,2,8H2,1H3. The van der Waals surface area contributed by atoms with Gasteiger partial charge in [-0.25, -0.2) is 0 Å². The third kappa shape index (κ3) is 4.30. The summed E-state index contributed by atoms with van der Waals surface area (Å²) in [5.41, 5.74) is 1.24. The zero-order valence-electron chi connectivity index (χ0n) is 10.4. The first-order valence-electron chi connectivity index (χ1n) is 6.02. The van der Waals surface area contributed by atoms with Crippen molar-refractivity contribution in [2.45, 2.75) is 25.9 Å². The van der Waals surface area contributed by atoms with Gasteiger partial charge in [0.2, 0.25) is 0 Å². The molecule has 0 fully saturated rings. The zero-order valence-corrected chi connectivity index (χ0v) is 15.2. The number of nitrogens with one attached hydrogen (secondary N) is 1. The topological polar surface area (TPSA) is 12.0 Å². The molecule has 2 aromatic rings. The highest BCUT2D eigenvalue weighted by atomic mass is 79.9. The van der Waals surface area contributed by atoms with E-state index in [0.717, 1.165) is 26.2 Å². The van der Waals surface area contributed by atoms with Gasteiger partial charge in [0.1, 0.15) is 0 Å². The van der Waals surface area contributed by atoms with Crippen molar-refractivity contribution in [3.05, 3.63) is 54.1 Å². The molecule has 0 saturated carbocycles. The van der Waals surface area contributed by atoms with Crippen molar-refractivity contribution in [3.8, 4) is 0 Å². The second-order valence-corrected chi connectivity index (χ2v) is 7.98. The molecule has 2 rings (SSSR count). The molecule has 1 aromatic heterocycles. The monoisotopic (exact) mass is 421 g/mol. The maximum absolute atomic E-state index is 6.05. The molecule has 1 heterocycles. The molecule has 1 atom stereocenters. The lowest BCUT2D eigenvalue weighted by Crippen LogP contribution is -2.19. The van der Waals surface area contributed by atoms with Crippen LogP contribution >= 0.6 is 54.8 Å². The maximum Gasteiger partial charge on any atom is 0.0843 e. The third-order valence-electron chi connectivity index (χ3n) is 2.88. The number of hydrogen-bond acceptors (Lipinski definition) is 2. The SMILES string of the molecule is CCC(NCc1cc(Br)c(Br)s1)c1cccc(Cl)c1. The first kappa shape index (κ1) is 15.5. The molecular formula is C14H14Br2ClNS. The largest absolute Gasteiger partial charge is 0.305 e. The van der Waals surface area contributed by atoms with E-state index < -0.39 is 0 Å². The van der Waals surface area contributed by atoms with Crippen LogP contribution in [0.3, 0.4) is 0 Å². The van der Waals surface area contributed by atoms with Crippen LogP contribution in [0.25, 0.3) is 0 Å². The minimum Gasteiger partial charge on any atom is -0.305 e. The summed E-state index contributed by atoms with van der Waals surface area (Å²) < 4.78 is 2.25. The molecule has 0 radical (unpaired) electrons. The van der Waals surface area contributed by atoms with Crippen molar-refractivity contribution >= 4 is 54.8 Å². The molecule has 0 saturated heterocycles. The van der Waals surface area contributed by atoms with E-state index in [1.165, 1.54) is 10.4 Å². The molecule has 0 aliphatic heterocycles. The Labute approximate surface area is 139 Å². The van der Waals surface area contributed by atoms with E-state index >= 15 is 0 Å². The average molecular weight is 424 g/mol. The quantitative estimate of drug-likeness (QED) is 0.607. The molecule has 1 N–H and O–H groups in total. The second-order valence-electron chi connectivity index (χ2n) is 4.23. The van der Waals surface area contributed by atoms with Gasteiger partial charge >= 0.3 is 0 Å². The van der Waals surface area contributed by atoms with Gasteiger partial charge < -0.3 is 5.32 Å². The summed E-state index contributed by atoms with van der Waals surface area (Å²) in [5, 5.41) is 4.37. The first-order valence-corrected chi connectivity index (χ1v) is 8.80. The van der Waals surface area contributed by atoms with E-state index in [0.29, 0.717) is 6.04 Å². The highest BCUT2D eigenvalue weighted by Crippen LogP contribution is 2.32. The van der Waals surface area contributed by atoms with E-state index in [9.17, 15) is 0 Å². The molecule has 19 heavy (non-hydrogen) atoms. The summed E-state index contributed by atoms with van der Waals surface area (Å²) in [6.45, 7) is 3.04. The van der Waals surface area contributed by atoms with E-state index in [1.807, 2.05) is 18.2 Å². The van der Waals surface area contributed by atoms with Crippen LogP contribution in [0.15, 0.2) is 38.6 Å². The molecule has 1 aromatic carbocycles. The van der Waals surface area contributed by atoms with Gasteiger partial charge in [0.05, 0.1) is 3.79 Å². The highest BCUT2D eigenvalue weighted by Gasteiger charge is 2.10. The number of thiophene rings is 1. The van der Waals surface area contributed by atoms with Gasteiger partial charge in [-0.05, 0) is 62.0 Å². The molecule has 1 unspecified atom stereocenters. The van der Waals surface area contributed by atoms with Crippen molar-refractivity contribution in [2.24, 2.45) is 0 Å². The molecule has 1 nitrogen and oxygen atoms in total. The van der Waals surface area contributed by atoms with Crippen LogP contribution in [0.2, 0.25) is 5.02 Å². The molecule has 0 aliphatic rings. The van der Waals surface area contributed by atoms with Crippen molar-refractivity contribution < 1.29 is 0 Å². The van der Waals surface area contributed by atoms with Gasteiger partial charge in [0.25, 0.3) is 0 Å². The van der Waals surface area contributed by atoms with Crippen LogP contribution in [0.5, 0.6) is 0 Å². The Morgan fingerprint density at radius 2 is 2.11 bits per heavy atom. The lowest BCUT2D eigenvalue weighted by molar-refractivity contribution is 0.522. The van der Waals surface area contributed by atoms with Gasteiger partial charge in [-0.3, -0.25) is 0 Å². The predicted octanol–water partition coefficient (Wildman–Crippen LogP) is 6.17. The van der Waals surface area contributed by atoms with Gasteiger partial charge in [0.15, 0.2) is 0 Å². The average Bonchev–Trinajstić information content (AvgIpc) is 2.70. The Kier molecular flexibility index (Phi) is 5.90. The second kappa shape index (κ2) is 7.23. The Hall–Kier alpha value is 0.130. The molecule has 102 valence electrons. The Morgan fingerprint density at radius 1 is 1.32 bits per heavy atom. The number of hydrogen-bond donors (Lipinski definition) is 1. The minimum absolute atomic E-state index is 0.332. The first-order chi connectivity index (χ1) is 9.10. The van der Waals surface area contributed by atoms with Gasteiger partial charge in [0, 0.05) is 27.0 Å². The lowest BCUT2D eigenvalue weighted by Gasteiger charge is -2.17. The summed E-state index contributed by atoms with van der Waals surface area (Å²) >= 11 is 14.8. The van der Waals surface area contributed by atoms with Crippen molar-refractivity contribution in [3.63, 3.8) is 0 Å². The van der Waals surface area contributed by atoms with Crippen LogP contribution < -0.4 is 5.32 Å². The van der Waals surface area contributed by atoms with Crippen molar-refractivity contribution in [2.75, 3.05) is 0 Å². The fraction of sp³-hybridized carbons (Fsp3) is 0.286. The van der Waals surface area contributed by atoms with Gasteiger partial charge in [-0.1, -0.05) is 30.7 Å². The summed E-state index contributed by atoms with van der Waals surface area (Å²) in [4.78, 5) is 1.30. The molecule has 0 spiro atoms. The van der Waals surface area contributed by atoms with Gasteiger partial charge in [-0.2, -0.15) is 0 Å². The van der Waals surface area contributed by atoms with E-state index in [2.05, 4.69) is 56.2 Å². The summed E-state index contributed by atoms with van der Waals surface area (Å²) in [6.07, 6.45) is 1.04. The zero-order chi connectivity index (χ0) is 13.8. The third-order valence-corrected chi connectivity index (χ3v) is 6.37. The lowest BCUT2D eigenvalue weighted by atomic mass is 10.0. The fourth-order valence-corrected chi connectivity index (χ4v) is 4.25. The highest BCUT2D eigenvalue weighted by molar-refractivity contribution is 9.13. The van der Waals surface area contributed by atoms with Crippen molar-refractivity contribution in [1.82, 2.24) is 5.32 Å². The summed E-state index contributed by atoms with van der Waals surface area (Å²) in [7, 11) is 0. The molecular weight excluding hydrogens is 409 g/mol. The Balaban J connectivity index is 2.03. The summed E-state index contributed by atoms with van der Waals surface area (Å²) in [6, 6.07) is 10.5. The Morgan fingerprint density at radius 3 is 2.68 bits per heavy atom. The fourth-order valence-electron chi connectivity index (χ4n) is 1.92. The predicted molar refractivity (Wildman–Crippen MR) is 91.0 cm³/mol. The minimum atomic E-state index is 0.332. The maximum atomic E-state index is 6.05. The number of rotatable bonds is 5. The summed E-state index contributed by atoms with van der Waals surface area (Å²) in [5.74, 6) is 0. The molecule has 0 amide bonds. The van der Waals surface area contributed by atoms with Gasteiger partial charge in [-0.15, -0.1) is 11.3 Å². The molecule has 0 aliphatic carbocycles. The number of halogens is 3. The molecule has 5 heteroatoms. The van der Waals surface area contributed by atoms with E-state index in [1.54, 1.807) is 11.3 Å². The Bertz CT molecular complexity index is 537. The van der Waals surface area contributed by atoms with Crippen molar-refractivity contribution in [1.29, 1.82) is 0 Å². The van der Waals surface area contributed by atoms with Crippen LogP contribution in [0.1, 0.15) is 29.8 Å². The van der Waals surface area contributed by atoms with Crippen LogP contribution in [0.4, 0.5) is 0 Å². The van der Waals surface area contributed by atoms with E-state index in [4.69, 9.17) is 11.6 Å². The van der Waals surface area contributed by atoms with Crippen LogP contribution in [0, 0.1) is 0 Å². The smallest absolute Gasteiger partial charge is 0.0843 e. The molecule has 0 bridgehead atoms.